The minimum absolute atomic E-state index is 0.109. The van der Waals surface area contributed by atoms with Crippen molar-refractivity contribution >= 4 is 17.6 Å². The van der Waals surface area contributed by atoms with Crippen LogP contribution in [0.2, 0.25) is 5.02 Å². The Hall–Kier alpha value is -1.29. The summed E-state index contributed by atoms with van der Waals surface area (Å²) < 4.78 is 22.2. The number of alkyl halides is 1. The van der Waals surface area contributed by atoms with E-state index in [1.54, 1.807) is 19.1 Å². The van der Waals surface area contributed by atoms with E-state index >= 15 is 0 Å². The van der Waals surface area contributed by atoms with Gasteiger partial charge < -0.3 is 9.47 Å². The molecule has 1 rings (SSSR count). The van der Waals surface area contributed by atoms with Crippen LogP contribution in [0.15, 0.2) is 24.3 Å². The van der Waals surface area contributed by atoms with Gasteiger partial charge in [0.2, 0.25) is 0 Å². The van der Waals surface area contributed by atoms with E-state index in [1.807, 2.05) is 0 Å². The van der Waals surface area contributed by atoms with Crippen molar-refractivity contribution in [2.75, 3.05) is 6.61 Å². The molecule has 0 spiro atoms. The van der Waals surface area contributed by atoms with Crippen molar-refractivity contribution in [1.29, 1.82) is 0 Å². The van der Waals surface area contributed by atoms with Crippen LogP contribution in [0.1, 0.15) is 6.92 Å². The van der Waals surface area contributed by atoms with Gasteiger partial charge in [0.25, 0.3) is 0 Å². The summed E-state index contributed by atoms with van der Waals surface area (Å²) in [7, 11) is 0. The molecule has 0 bridgehead atoms. The van der Waals surface area contributed by atoms with Gasteiger partial charge >= 0.3 is 12.3 Å². The molecule has 0 saturated carbocycles. The highest BCUT2D eigenvalue weighted by Gasteiger charge is 2.20. The van der Waals surface area contributed by atoms with Gasteiger partial charge in [0.1, 0.15) is 5.75 Å². The second-order valence-corrected chi connectivity index (χ2v) is 3.08. The summed E-state index contributed by atoms with van der Waals surface area (Å²) in [6.07, 6.45) is -2.12. The first kappa shape index (κ1) is 11.8. The lowest BCUT2D eigenvalue weighted by Gasteiger charge is -2.10. The van der Waals surface area contributed by atoms with Crippen molar-refractivity contribution in [1.82, 2.24) is 0 Å². The number of rotatable bonds is 4. The van der Waals surface area contributed by atoms with Gasteiger partial charge in [0.15, 0.2) is 0 Å². The van der Waals surface area contributed by atoms with Crippen LogP contribution in [0.4, 0.5) is 4.39 Å². The molecule has 82 valence electrons. The predicted molar refractivity (Wildman–Crippen MR) is 53.6 cm³/mol. The Morgan fingerprint density at radius 2 is 2.33 bits per heavy atom. The molecule has 0 N–H and O–H groups in total. The zero-order valence-electron chi connectivity index (χ0n) is 8.07. The first-order chi connectivity index (χ1) is 7.13. The number of benzene rings is 1. The van der Waals surface area contributed by atoms with E-state index in [0.717, 1.165) is 0 Å². The summed E-state index contributed by atoms with van der Waals surface area (Å²) in [4.78, 5) is 10.9. The van der Waals surface area contributed by atoms with Gasteiger partial charge in [-0.05, 0) is 25.1 Å². The van der Waals surface area contributed by atoms with Crippen LogP contribution >= 0.6 is 11.6 Å². The fraction of sp³-hybridized carbons (Fsp3) is 0.300. The smallest absolute Gasteiger partial charge is 0.381 e. The third-order valence-electron chi connectivity index (χ3n) is 1.51. The van der Waals surface area contributed by atoms with Crippen LogP contribution in [-0.4, -0.2) is 18.9 Å². The van der Waals surface area contributed by atoms with Crippen LogP contribution in [0.5, 0.6) is 5.75 Å². The Morgan fingerprint density at radius 3 is 2.93 bits per heavy atom. The predicted octanol–water partition coefficient (Wildman–Crippen LogP) is 2.58. The Balaban J connectivity index is 2.58. The third kappa shape index (κ3) is 3.75. The zero-order valence-corrected chi connectivity index (χ0v) is 8.83. The number of carbonyl (C=O) groups excluding carboxylic acids is 1. The van der Waals surface area contributed by atoms with Crippen molar-refractivity contribution in [3.63, 3.8) is 0 Å². The molecule has 1 atom stereocenters. The summed E-state index contributed by atoms with van der Waals surface area (Å²) in [5.41, 5.74) is 0. The molecule has 0 saturated heterocycles. The fourth-order valence-corrected chi connectivity index (χ4v) is 1.10. The molecule has 1 aromatic carbocycles. The molecule has 3 nitrogen and oxygen atoms in total. The van der Waals surface area contributed by atoms with Crippen molar-refractivity contribution in [3.8, 4) is 5.75 Å². The molecule has 0 radical (unpaired) electrons. The summed E-state index contributed by atoms with van der Waals surface area (Å²) in [6.45, 7) is 1.70. The Morgan fingerprint density at radius 1 is 1.60 bits per heavy atom. The highest BCUT2D eigenvalue weighted by Crippen LogP contribution is 2.18. The molecular weight excluding hydrogens is 223 g/mol. The molecule has 0 aliphatic heterocycles. The van der Waals surface area contributed by atoms with Crippen molar-refractivity contribution in [3.05, 3.63) is 29.3 Å². The highest BCUT2D eigenvalue weighted by atomic mass is 35.5. The molecule has 0 heterocycles. The van der Waals surface area contributed by atoms with Gasteiger partial charge in [-0.3, -0.25) is 0 Å². The second kappa shape index (κ2) is 5.56. The largest absolute Gasteiger partial charge is 0.461 e. The zero-order chi connectivity index (χ0) is 11.3. The number of halogens is 2. The molecule has 0 fully saturated rings. The molecule has 5 heteroatoms. The Labute approximate surface area is 91.7 Å². The van der Waals surface area contributed by atoms with E-state index in [2.05, 4.69) is 9.47 Å². The number of esters is 1. The summed E-state index contributed by atoms with van der Waals surface area (Å²) in [6, 6.07) is 6.12. The van der Waals surface area contributed by atoms with Crippen LogP contribution < -0.4 is 4.74 Å². The van der Waals surface area contributed by atoms with Crippen molar-refractivity contribution in [2.24, 2.45) is 0 Å². The number of hydrogen-bond acceptors (Lipinski definition) is 3. The fourth-order valence-electron chi connectivity index (χ4n) is 0.916. The van der Waals surface area contributed by atoms with Crippen LogP contribution in [-0.2, 0) is 9.53 Å². The van der Waals surface area contributed by atoms with E-state index < -0.39 is 12.3 Å². The van der Waals surface area contributed by atoms with Gasteiger partial charge in [-0.2, -0.15) is 4.39 Å². The normalized spacial score (nSPS) is 11.9. The molecule has 1 aromatic rings. The quantitative estimate of drug-likeness (QED) is 0.749. The topological polar surface area (TPSA) is 35.5 Å². The minimum atomic E-state index is -2.12. The monoisotopic (exact) mass is 232 g/mol. The lowest BCUT2D eigenvalue weighted by Crippen LogP contribution is -2.24. The molecule has 15 heavy (non-hydrogen) atoms. The average molecular weight is 233 g/mol. The Bertz CT molecular complexity index is 343. The molecule has 0 aromatic heterocycles. The van der Waals surface area contributed by atoms with Crippen LogP contribution in [0, 0.1) is 0 Å². The van der Waals surface area contributed by atoms with Crippen LogP contribution in [0.3, 0.4) is 0 Å². The maximum atomic E-state index is 13.1. The molecule has 0 amide bonds. The lowest BCUT2D eigenvalue weighted by atomic mass is 10.3. The van der Waals surface area contributed by atoms with E-state index in [4.69, 9.17) is 11.6 Å². The highest BCUT2D eigenvalue weighted by molar-refractivity contribution is 6.30. The number of hydrogen-bond donors (Lipinski definition) is 0. The lowest BCUT2D eigenvalue weighted by molar-refractivity contribution is -0.159. The summed E-state index contributed by atoms with van der Waals surface area (Å²) >= 11 is 5.65. The van der Waals surface area contributed by atoms with Gasteiger partial charge in [-0.25, -0.2) is 4.79 Å². The van der Waals surface area contributed by atoms with E-state index in [-0.39, 0.29) is 12.4 Å². The minimum Gasteiger partial charge on any atom is -0.461 e. The molecule has 1 unspecified atom stereocenters. The van der Waals surface area contributed by atoms with Gasteiger partial charge in [-0.15, -0.1) is 0 Å². The van der Waals surface area contributed by atoms with Gasteiger partial charge in [0, 0.05) is 5.02 Å². The SMILES string of the molecule is CCOC(=O)C(F)Oc1cccc(Cl)c1. The standard InChI is InChI=1S/C10H10ClFO3/c1-2-14-10(13)9(12)15-8-5-3-4-7(11)6-8/h3-6,9H,2H2,1H3. The number of carbonyl (C=O) groups is 1. The summed E-state index contributed by atoms with van der Waals surface area (Å²) in [5, 5.41) is 0.406. The molecular formula is C10H10ClFO3. The van der Waals surface area contributed by atoms with Crippen LogP contribution in [0.25, 0.3) is 0 Å². The van der Waals surface area contributed by atoms with Crippen molar-refractivity contribution in [2.45, 2.75) is 13.3 Å². The Kier molecular flexibility index (Phi) is 4.37. The second-order valence-electron chi connectivity index (χ2n) is 2.64. The molecule has 0 aliphatic carbocycles. The van der Waals surface area contributed by atoms with E-state index in [9.17, 15) is 9.18 Å². The number of ether oxygens (including phenoxy) is 2. The first-order valence-corrected chi connectivity index (χ1v) is 4.74. The average Bonchev–Trinajstić information content (AvgIpc) is 2.18. The maximum Gasteiger partial charge on any atom is 0.381 e. The summed E-state index contributed by atoms with van der Waals surface area (Å²) in [5.74, 6) is -0.861. The molecule has 0 aliphatic rings. The maximum absolute atomic E-state index is 13.1. The first-order valence-electron chi connectivity index (χ1n) is 4.36. The van der Waals surface area contributed by atoms with Gasteiger partial charge in [-0.1, -0.05) is 17.7 Å². The van der Waals surface area contributed by atoms with Crippen molar-refractivity contribution < 1.29 is 18.7 Å². The van der Waals surface area contributed by atoms with E-state index in [0.29, 0.717) is 5.02 Å². The van der Waals surface area contributed by atoms with Gasteiger partial charge in [0.05, 0.1) is 6.61 Å². The van der Waals surface area contributed by atoms with E-state index in [1.165, 1.54) is 12.1 Å². The third-order valence-corrected chi connectivity index (χ3v) is 1.74.